The maximum Gasteiger partial charge on any atom is 0.337 e. The molecule has 0 saturated heterocycles. The quantitative estimate of drug-likeness (QED) is 0.854. The van der Waals surface area contributed by atoms with Crippen LogP contribution in [0.15, 0.2) is 42.5 Å². The lowest BCUT2D eigenvalue weighted by Crippen LogP contribution is -2.19. The molecule has 0 saturated carbocycles. The van der Waals surface area contributed by atoms with Crippen molar-refractivity contribution in [3.05, 3.63) is 53.6 Å². The van der Waals surface area contributed by atoms with Crippen LogP contribution >= 0.6 is 0 Å². The van der Waals surface area contributed by atoms with Crippen molar-refractivity contribution in [2.45, 2.75) is 6.42 Å². The van der Waals surface area contributed by atoms with Crippen LogP contribution in [0.5, 0.6) is 5.75 Å². The molecule has 0 bridgehead atoms. The first-order valence-corrected chi connectivity index (χ1v) is 7.18. The van der Waals surface area contributed by atoms with Gasteiger partial charge in [0.1, 0.15) is 5.75 Å². The number of urea groups is 1. The maximum absolute atomic E-state index is 12.1. The second-order valence-corrected chi connectivity index (χ2v) is 5.07. The van der Waals surface area contributed by atoms with Gasteiger partial charge >= 0.3 is 12.0 Å². The second-order valence-electron chi connectivity index (χ2n) is 5.07. The molecule has 2 aromatic rings. The van der Waals surface area contributed by atoms with Gasteiger partial charge in [-0.05, 0) is 42.0 Å². The third-order valence-electron chi connectivity index (χ3n) is 3.49. The Labute approximate surface area is 133 Å². The molecule has 0 unspecified atom stereocenters. The van der Waals surface area contributed by atoms with Crippen LogP contribution in [0.2, 0.25) is 0 Å². The van der Waals surface area contributed by atoms with Gasteiger partial charge in [-0.2, -0.15) is 0 Å². The minimum Gasteiger partial charge on any atom is -0.493 e. The Morgan fingerprint density at radius 2 is 1.87 bits per heavy atom. The standard InChI is InChI=1S/C17H16N2O4/c1-22-16(20)12-3-2-4-13(10-12)18-17(21)19-14-5-6-15-11(9-14)7-8-23-15/h2-6,9-10H,7-8H2,1H3,(H2,18,19,21). The van der Waals surface area contributed by atoms with E-state index in [0.29, 0.717) is 23.5 Å². The van der Waals surface area contributed by atoms with Gasteiger partial charge in [0.2, 0.25) is 0 Å². The minimum atomic E-state index is -0.451. The minimum absolute atomic E-state index is 0.375. The molecule has 0 aliphatic carbocycles. The molecule has 3 rings (SSSR count). The number of methoxy groups -OCH3 is 1. The number of benzene rings is 2. The number of carbonyl (C=O) groups excluding carboxylic acids is 2. The lowest BCUT2D eigenvalue weighted by molar-refractivity contribution is 0.0600. The molecule has 0 radical (unpaired) electrons. The fraction of sp³-hybridized carbons (Fsp3) is 0.176. The number of carbonyl (C=O) groups is 2. The van der Waals surface area contributed by atoms with E-state index in [1.165, 1.54) is 7.11 Å². The summed E-state index contributed by atoms with van der Waals surface area (Å²) in [4.78, 5) is 23.6. The third kappa shape index (κ3) is 3.42. The molecule has 0 atom stereocenters. The maximum atomic E-state index is 12.1. The van der Waals surface area contributed by atoms with Gasteiger partial charge in [-0.3, -0.25) is 0 Å². The molecular weight excluding hydrogens is 296 g/mol. The van der Waals surface area contributed by atoms with Gasteiger partial charge in [-0.25, -0.2) is 9.59 Å². The molecule has 6 nitrogen and oxygen atoms in total. The second kappa shape index (κ2) is 6.39. The Hall–Kier alpha value is -3.02. The number of anilines is 2. The zero-order chi connectivity index (χ0) is 16.2. The van der Waals surface area contributed by atoms with Crippen LogP contribution in [0.3, 0.4) is 0 Å². The van der Waals surface area contributed by atoms with E-state index in [1.807, 2.05) is 12.1 Å². The highest BCUT2D eigenvalue weighted by molar-refractivity contribution is 6.00. The van der Waals surface area contributed by atoms with Crippen molar-refractivity contribution in [2.75, 3.05) is 24.4 Å². The summed E-state index contributed by atoms with van der Waals surface area (Å²) >= 11 is 0. The van der Waals surface area contributed by atoms with Crippen molar-refractivity contribution < 1.29 is 19.1 Å². The van der Waals surface area contributed by atoms with Crippen LogP contribution in [-0.2, 0) is 11.2 Å². The van der Waals surface area contributed by atoms with E-state index in [1.54, 1.807) is 30.3 Å². The zero-order valence-electron chi connectivity index (χ0n) is 12.6. The Bertz CT molecular complexity index is 758. The Kier molecular flexibility index (Phi) is 4.14. The van der Waals surface area contributed by atoms with Gasteiger partial charge in [0.15, 0.2) is 0 Å². The first kappa shape index (κ1) is 14.9. The number of rotatable bonds is 3. The highest BCUT2D eigenvalue weighted by Gasteiger charge is 2.13. The monoisotopic (exact) mass is 312 g/mol. The summed E-state index contributed by atoms with van der Waals surface area (Å²) in [5.41, 5.74) is 2.65. The molecule has 118 valence electrons. The molecule has 0 aromatic heterocycles. The number of nitrogens with one attached hydrogen (secondary N) is 2. The van der Waals surface area contributed by atoms with Crippen LogP contribution in [-0.4, -0.2) is 25.7 Å². The smallest absolute Gasteiger partial charge is 0.337 e. The molecule has 2 aromatic carbocycles. The van der Waals surface area contributed by atoms with Crippen molar-refractivity contribution in [1.29, 1.82) is 0 Å². The third-order valence-corrected chi connectivity index (χ3v) is 3.49. The number of esters is 1. The molecule has 0 spiro atoms. The Morgan fingerprint density at radius 1 is 1.09 bits per heavy atom. The van der Waals surface area contributed by atoms with Crippen molar-refractivity contribution in [3.8, 4) is 5.75 Å². The number of amides is 2. The summed E-state index contributed by atoms with van der Waals surface area (Å²) in [7, 11) is 1.31. The van der Waals surface area contributed by atoms with Crippen LogP contribution in [0.4, 0.5) is 16.2 Å². The summed E-state index contributed by atoms with van der Waals surface area (Å²) in [5.74, 6) is 0.411. The summed E-state index contributed by atoms with van der Waals surface area (Å²) in [6.07, 6.45) is 0.841. The van der Waals surface area contributed by atoms with E-state index in [9.17, 15) is 9.59 Å². The molecule has 1 aliphatic rings. The van der Waals surface area contributed by atoms with Gasteiger partial charge in [0.05, 0.1) is 19.3 Å². The van der Waals surface area contributed by atoms with Crippen LogP contribution < -0.4 is 15.4 Å². The van der Waals surface area contributed by atoms with Crippen LogP contribution in [0.1, 0.15) is 15.9 Å². The molecule has 1 aliphatic heterocycles. The summed E-state index contributed by atoms with van der Waals surface area (Å²) < 4.78 is 10.1. The first-order chi connectivity index (χ1) is 11.2. The fourth-order valence-electron chi connectivity index (χ4n) is 2.40. The van der Waals surface area contributed by atoms with E-state index in [4.69, 9.17) is 4.74 Å². The van der Waals surface area contributed by atoms with Crippen molar-refractivity contribution in [3.63, 3.8) is 0 Å². The zero-order valence-corrected chi connectivity index (χ0v) is 12.6. The molecule has 1 heterocycles. The van der Waals surface area contributed by atoms with E-state index < -0.39 is 5.97 Å². The fourth-order valence-corrected chi connectivity index (χ4v) is 2.40. The van der Waals surface area contributed by atoms with E-state index >= 15 is 0 Å². The van der Waals surface area contributed by atoms with Crippen molar-refractivity contribution >= 4 is 23.4 Å². The van der Waals surface area contributed by atoms with Crippen molar-refractivity contribution in [1.82, 2.24) is 0 Å². The van der Waals surface area contributed by atoms with Crippen LogP contribution in [0, 0.1) is 0 Å². The molecule has 2 amide bonds. The van der Waals surface area contributed by atoms with Gasteiger partial charge in [0, 0.05) is 17.8 Å². The molecule has 0 fully saturated rings. The highest BCUT2D eigenvalue weighted by Crippen LogP contribution is 2.27. The topological polar surface area (TPSA) is 76.7 Å². The lowest BCUT2D eigenvalue weighted by atomic mass is 10.1. The number of fused-ring (bicyclic) bond motifs is 1. The predicted molar refractivity (Wildman–Crippen MR) is 86.1 cm³/mol. The van der Waals surface area contributed by atoms with Gasteiger partial charge in [0.25, 0.3) is 0 Å². The number of hydrogen-bond donors (Lipinski definition) is 2. The number of ether oxygens (including phenoxy) is 2. The predicted octanol–water partition coefficient (Wildman–Crippen LogP) is 3.05. The average molecular weight is 312 g/mol. The van der Waals surface area contributed by atoms with Gasteiger partial charge in [-0.1, -0.05) is 6.07 Å². The Balaban J connectivity index is 1.66. The van der Waals surface area contributed by atoms with Gasteiger partial charge in [-0.15, -0.1) is 0 Å². The van der Waals surface area contributed by atoms with Gasteiger partial charge < -0.3 is 20.1 Å². The van der Waals surface area contributed by atoms with E-state index in [-0.39, 0.29) is 6.03 Å². The lowest BCUT2D eigenvalue weighted by Gasteiger charge is -2.09. The summed E-state index contributed by atoms with van der Waals surface area (Å²) in [5, 5.41) is 5.45. The normalized spacial score (nSPS) is 12.0. The van der Waals surface area contributed by atoms with Crippen molar-refractivity contribution in [2.24, 2.45) is 0 Å². The summed E-state index contributed by atoms with van der Waals surface area (Å²) in [6, 6.07) is 11.7. The molecule has 6 heteroatoms. The Morgan fingerprint density at radius 3 is 2.65 bits per heavy atom. The molecule has 2 N–H and O–H groups in total. The van der Waals surface area contributed by atoms with E-state index in [2.05, 4.69) is 15.4 Å². The van der Waals surface area contributed by atoms with E-state index in [0.717, 1.165) is 17.7 Å². The SMILES string of the molecule is COC(=O)c1cccc(NC(=O)Nc2ccc3c(c2)CCO3)c1. The first-order valence-electron chi connectivity index (χ1n) is 7.18. The van der Waals surface area contributed by atoms with Crippen LogP contribution in [0.25, 0.3) is 0 Å². The molecule has 23 heavy (non-hydrogen) atoms. The molecular formula is C17H16N2O4. The highest BCUT2D eigenvalue weighted by atomic mass is 16.5. The average Bonchev–Trinajstić information content (AvgIpc) is 3.02. The summed E-state index contributed by atoms with van der Waals surface area (Å²) in [6.45, 7) is 0.672. The number of hydrogen-bond acceptors (Lipinski definition) is 4. The largest absolute Gasteiger partial charge is 0.493 e.